The smallest absolute Gasteiger partial charge is 0.264 e. The molecule has 0 saturated heterocycles. The van der Waals surface area contributed by atoms with Gasteiger partial charge in [0.2, 0.25) is 0 Å². The molecule has 0 fully saturated rings. The Labute approximate surface area is 189 Å². The number of carbonyl (C=O) groups excluding carboxylic acids is 1. The molecule has 7 heteroatoms. The van der Waals surface area contributed by atoms with E-state index in [4.69, 9.17) is 27.9 Å². The predicted octanol–water partition coefficient (Wildman–Crippen LogP) is 6.06. The number of nitrogens with zero attached hydrogens (tertiary/aromatic N) is 2. The number of benzene rings is 2. The molecule has 2 rings (SSSR count). The topological polar surface area (TPSA) is 53.3 Å². The van der Waals surface area contributed by atoms with Crippen molar-refractivity contribution in [2.45, 2.75) is 13.0 Å². The van der Waals surface area contributed by atoms with Crippen LogP contribution in [-0.2, 0) is 17.8 Å². The number of nitriles is 1. The van der Waals surface area contributed by atoms with Crippen molar-refractivity contribution >= 4 is 51.1 Å². The van der Waals surface area contributed by atoms with Crippen molar-refractivity contribution in [1.29, 1.82) is 5.26 Å². The van der Waals surface area contributed by atoms with Crippen molar-refractivity contribution in [3.05, 3.63) is 79.8 Å². The van der Waals surface area contributed by atoms with Crippen LogP contribution in [0.25, 0.3) is 6.08 Å². The van der Waals surface area contributed by atoms with Gasteiger partial charge in [-0.05, 0) is 63.8 Å². The minimum absolute atomic E-state index is 0.0491. The van der Waals surface area contributed by atoms with E-state index in [1.807, 2.05) is 18.2 Å². The molecular weight excluding hydrogens is 475 g/mol. The van der Waals surface area contributed by atoms with E-state index in [2.05, 4.69) is 22.5 Å². The van der Waals surface area contributed by atoms with Gasteiger partial charge in [-0.2, -0.15) is 5.26 Å². The first-order chi connectivity index (χ1) is 13.8. The standard InChI is InChI=1S/C22H19BrCl2N2O2/c1-4-5-15-8-14(9-17(12-26)22(28)27(2)3)10-19(23)21(15)29-13-16-6-7-18(24)11-20(16)25/h4,6-11H,1,5,13H2,2-3H3/b17-9-. The summed E-state index contributed by atoms with van der Waals surface area (Å²) in [7, 11) is 3.21. The third-order valence-corrected chi connectivity index (χ3v) is 5.14. The lowest BCUT2D eigenvalue weighted by atomic mass is 10.0. The monoisotopic (exact) mass is 492 g/mol. The molecule has 0 atom stereocenters. The number of amides is 1. The lowest BCUT2D eigenvalue weighted by Gasteiger charge is -2.15. The minimum atomic E-state index is -0.355. The maximum Gasteiger partial charge on any atom is 0.264 e. The largest absolute Gasteiger partial charge is 0.487 e. The van der Waals surface area contributed by atoms with Crippen LogP contribution in [0.1, 0.15) is 16.7 Å². The zero-order valence-electron chi connectivity index (χ0n) is 16.0. The van der Waals surface area contributed by atoms with Gasteiger partial charge < -0.3 is 9.64 Å². The molecule has 0 bridgehead atoms. The first-order valence-electron chi connectivity index (χ1n) is 8.60. The van der Waals surface area contributed by atoms with E-state index in [1.165, 1.54) is 4.90 Å². The zero-order valence-corrected chi connectivity index (χ0v) is 19.1. The van der Waals surface area contributed by atoms with Crippen molar-refractivity contribution in [2.75, 3.05) is 14.1 Å². The number of carbonyl (C=O) groups is 1. The van der Waals surface area contributed by atoms with Crippen LogP contribution in [-0.4, -0.2) is 24.9 Å². The molecule has 0 aliphatic carbocycles. The van der Waals surface area contributed by atoms with Gasteiger partial charge in [0.25, 0.3) is 5.91 Å². The first kappa shape index (κ1) is 23.0. The van der Waals surface area contributed by atoms with Gasteiger partial charge in [0.05, 0.1) is 4.47 Å². The molecule has 0 spiro atoms. The third-order valence-electron chi connectivity index (χ3n) is 3.96. The first-order valence-corrected chi connectivity index (χ1v) is 10.1. The Morgan fingerprint density at radius 2 is 2.00 bits per heavy atom. The Bertz CT molecular complexity index is 1010. The van der Waals surface area contributed by atoms with Gasteiger partial charge in [-0.3, -0.25) is 4.79 Å². The fourth-order valence-electron chi connectivity index (χ4n) is 2.56. The number of likely N-dealkylation sites (N-methyl/N-ethyl adjacent to an activating group) is 1. The van der Waals surface area contributed by atoms with Crippen LogP contribution in [0, 0.1) is 11.3 Å². The molecule has 0 aliphatic rings. The van der Waals surface area contributed by atoms with E-state index in [0.29, 0.717) is 32.3 Å². The summed E-state index contributed by atoms with van der Waals surface area (Å²) in [6, 6.07) is 10.9. The van der Waals surface area contributed by atoms with Gasteiger partial charge in [0.15, 0.2) is 0 Å². The fraction of sp³-hybridized carbons (Fsp3) is 0.182. The molecule has 2 aromatic carbocycles. The highest BCUT2D eigenvalue weighted by molar-refractivity contribution is 9.10. The van der Waals surface area contributed by atoms with Gasteiger partial charge in [-0.25, -0.2) is 0 Å². The van der Waals surface area contributed by atoms with Crippen molar-refractivity contribution in [1.82, 2.24) is 4.90 Å². The molecule has 4 nitrogen and oxygen atoms in total. The summed E-state index contributed by atoms with van der Waals surface area (Å²) in [5.41, 5.74) is 2.42. The van der Waals surface area contributed by atoms with E-state index >= 15 is 0 Å². The van der Waals surface area contributed by atoms with E-state index in [0.717, 1.165) is 11.1 Å². The third kappa shape index (κ3) is 6.11. The Balaban J connectivity index is 2.38. The van der Waals surface area contributed by atoms with Gasteiger partial charge in [-0.1, -0.05) is 35.3 Å². The summed E-state index contributed by atoms with van der Waals surface area (Å²) in [6.07, 6.45) is 3.86. The van der Waals surface area contributed by atoms with E-state index in [-0.39, 0.29) is 18.1 Å². The number of rotatable bonds is 7. The second kappa shape index (κ2) is 10.5. The van der Waals surface area contributed by atoms with Crippen LogP contribution in [0.15, 0.2) is 53.0 Å². The lowest BCUT2D eigenvalue weighted by molar-refractivity contribution is -0.124. The zero-order chi connectivity index (χ0) is 21.6. The average Bonchev–Trinajstić information content (AvgIpc) is 2.66. The highest BCUT2D eigenvalue weighted by Crippen LogP contribution is 2.34. The number of halogens is 3. The summed E-state index contributed by atoms with van der Waals surface area (Å²) in [5.74, 6) is 0.289. The van der Waals surface area contributed by atoms with Gasteiger partial charge in [0.1, 0.15) is 24.0 Å². The summed E-state index contributed by atoms with van der Waals surface area (Å²) in [5, 5.41) is 10.4. The molecule has 29 heavy (non-hydrogen) atoms. The number of hydrogen-bond donors (Lipinski definition) is 0. The molecule has 2 aromatic rings. The lowest BCUT2D eigenvalue weighted by Crippen LogP contribution is -2.22. The Morgan fingerprint density at radius 3 is 2.59 bits per heavy atom. The Hall–Kier alpha value is -2.26. The van der Waals surface area contributed by atoms with Gasteiger partial charge in [-0.15, -0.1) is 6.58 Å². The second-order valence-corrected chi connectivity index (χ2v) is 8.08. The fourth-order valence-corrected chi connectivity index (χ4v) is 3.66. The normalized spacial score (nSPS) is 11.0. The quantitative estimate of drug-likeness (QED) is 0.267. The van der Waals surface area contributed by atoms with Crippen LogP contribution >= 0.6 is 39.1 Å². The van der Waals surface area contributed by atoms with E-state index in [9.17, 15) is 10.1 Å². The highest BCUT2D eigenvalue weighted by Gasteiger charge is 2.14. The Kier molecular flexibility index (Phi) is 8.33. The Morgan fingerprint density at radius 1 is 1.28 bits per heavy atom. The molecule has 150 valence electrons. The molecule has 0 aromatic heterocycles. The molecule has 1 amide bonds. The molecule has 0 N–H and O–H groups in total. The number of hydrogen-bond acceptors (Lipinski definition) is 3. The second-order valence-electron chi connectivity index (χ2n) is 6.38. The van der Waals surface area contributed by atoms with Crippen molar-refractivity contribution in [3.63, 3.8) is 0 Å². The number of allylic oxidation sites excluding steroid dienone is 1. The summed E-state index contributed by atoms with van der Waals surface area (Å²) in [6.45, 7) is 4.05. The summed E-state index contributed by atoms with van der Waals surface area (Å²) < 4.78 is 6.71. The van der Waals surface area contributed by atoms with Crippen LogP contribution in [0.2, 0.25) is 10.0 Å². The van der Waals surface area contributed by atoms with Crippen LogP contribution < -0.4 is 4.74 Å². The maximum atomic E-state index is 12.1. The average molecular weight is 494 g/mol. The van der Waals surface area contributed by atoms with Crippen molar-refractivity contribution in [3.8, 4) is 11.8 Å². The van der Waals surface area contributed by atoms with Crippen molar-refractivity contribution < 1.29 is 9.53 Å². The van der Waals surface area contributed by atoms with E-state index in [1.54, 1.807) is 44.4 Å². The molecule has 0 aliphatic heterocycles. The van der Waals surface area contributed by atoms with Gasteiger partial charge in [0, 0.05) is 29.7 Å². The minimum Gasteiger partial charge on any atom is -0.487 e. The molecule has 0 saturated carbocycles. The molecule has 0 unspecified atom stereocenters. The highest BCUT2D eigenvalue weighted by atomic mass is 79.9. The van der Waals surface area contributed by atoms with E-state index < -0.39 is 0 Å². The SMILES string of the molecule is C=CCc1cc(/C=C(/C#N)C(=O)N(C)C)cc(Br)c1OCc1ccc(Cl)cc1Cl. The van der Waals surface area contributed by atoms with Gasteiger partial charge >= 0.3 is 0 Å². The molecule has 0 radical (unpaired) electrons. The predicted molar refractivity (Wildman–Crippen MR) is 121 cm³/mol. The number of ether oxygens (including phenoxy) is 1. The summed E-state index contributed by atoms with van der Waals surface area (Å²) in [4.78, 5) is 13.5. The summed E-state index contributed by atoms with van der Waals surface area (Å²) >= 11 is 15.7. The van der Waals surface area contributed by atoms with Crippen molar-refractivity contribution in [2.24, 2.45) is 0 Å². The van der Waals surface area contributed by atoms with Crippen LogP contribution in [0.5, 0.6) is 5.75 Å². The van der Waals surface area contributed by atoms with Crippen LogP contribution in [0.3, 0.4) is 0 Å². The maximum absolute atomic E-state index is 12.1. The molecule has 0 heterocycles. The van der Waals surface area contributed by atoms with Crippen LogP contribution in [0.4, 0.5) is 0 Å². The molecular formula is C22H19BrCl2N2O2.